The number of H-pyrrole nitrogens is 1. The molecule has 0 atom stereocenters. The summed E-state index contributed by atoms with van der Waals surface area (Å²) in [7, 11) is 0. The van der Waals surface area contributed by atoms with Crippen LogP contribution in [0.4, 0.5) is 0 Å². The highest BCUT2D eigenvalue weighted by Gasteiger charge is 2.20. The van der Waals surface area contributed by atoms with Crippen LogP contribution in [-0.2, 0) is 19.5 Å². The second-order valence-corrected chi connectivity index (χ2v) is 7.73. The summed E-state index contributed by atoms with van der Waals surface area (Å²) in [4.78, 5) is 15.1. The van der Waals surface area contributed by atoms with Crippen LogP contribution >= 0.6 is 15.9 Å². The number of nitrogens with zero attached hydrogens (tertiary/aromatic N) is 3. The van der Waals surface area contributed by atoms with Crippen LogP contribution in [0.15, 0.2) is 35.1 Å². The number of aromatic amines is 1. The van der Waals surface area contributed by atoms with Crippen LogP contribution in [0, 0.1) is 0 Å². The van der Waals surface area contributed by atoms with Crippen LogP contribution in [0.1, 0.15) is 42.4 Å². The van der Waals surface area contributed by atoms with Crippen LogP contribution in [0.5, 0.6) is 0 Å². The molecule has 4 rings (SSSR count). The lowest BCUT2D eigenvalue weighted by atomic mass is 10.1. The standard InChI is InChI=1S/C19H21BrN4/c1-12(2)19-22-9-14-11-24(6-5-17(14)23-19)10-13-8-21-18-7-15(20)3-4-16(13)18/h3-4,7-9,12,21H,5-6,10-11H2,1-2H3. The van der Waals surface area contributed by atoms with Gasteiger partial charge in [-0.25, -0.2) is 9.97 Å². The molecule has 0 saturated heterocycles. The molecular weight excluding hydrogens is 364 g/mol. The Labute approximate surface area is 150 Å². The van der Waals surface area contributed by atoms with Gasteiger partial charge in [0.25, 0.3) is 0 Å². The van der Waals surface area contributed by atoms with Gasteiger partial charge >= 0.3 is 0 Å². The van der Waals surface area contributed by atoms with Gasteiger partial charge in [-0.15, -0.1) is 0 Å². The number of aromatic nitrogens is 3. The van der Waals surface area contributed by atoms with Gasteiger partial charge in [0.05, 0.1) is 0 Å². The number of halogens is 1. The SMILES string of the molecule is CC(C)c1ncc2c(n1)CCN(Cc1c[nH]c3cc(Br)ccc13)C2. The third-order valence-corrected chi connectivity index (χ3v) is 5.16. The lowest BCUT2D eigenvalue weighted by Crippen LogP contribution is -2.31. The highest BCUT2D eigenvalue weighted by Crippen LogP contribution is 2.25. The van der Waals surface area contributed by atoms with Crippen molar-refractivity contribution >= 4 is 26.8 Å². The van der Waals surface area contributed by atoms with Crippen molar-refractivity contribution in [2.24, 2.45) is 0 Å². The highest BCUT2D eigenvalue weighted by molar-refractivity contribution is 9.10. The van der Waals surface area contributed by atoms with E-state index in [0.717, 1.165) is 36.4 Å². The average molecular weight is 385 g/mol. The number of nitrogens with one attached hydrogen (secondary N) is 1. The van der Waals surface area contributed by atoms with E-state index in [1.54, 1.807) is 0 Å². The van der Waals surface area contributed by atoms with Gasteiger partial charge in [0.1, 0.15) is 5.82 Å². The van der Waals surface area contributed by atoms with E-state index in [-0.39, 0.29) is 0 Å². The Kier molecular flexibility index (Phi) is 4.14. The third-order valence-electron chi connectivity index (χ3n) is 4.67. The fraction of sp³-hybridized carbons (Fsp3) is 0.368. The summed E-state index contributed by atoms with van der Waals surface area (Å²) in [6.45, 7) is 7.22. The van der Waals surface area contributed by atoms with Gasteiger partial charge in [-0.2, -0.15) is 0 Å². The number of fused-ring (bicyclic) bond motifs is 2. The lowest BCUT2D eigenvalue weighted by molar-refractivity contribution is 0.243. The predicted molar refractivity (Wildman–Crippen MR) is 99.9 cm³/mol. The summed E-state index contributed by atoms with van der Waals surface area (Å²) in [6.07, 6.45) is 5.16. The van der Waals surface area contributed by atoms with Crippen LogP contribution in [0.2, 0.25) is 0 Å². The summed E-state index contributed by atoms with van der Waals surface area (Å²) in [5.41, 5.74) is 5.03. The second kappa shape index (κ2) is 6.30. The molecule has 0 spiro atoms. The first kappa shape index (κ1) is 15.8. The minimum Gasteiger partial charge on any atom is -0.361 e. The second-order valence-electron chi connectivity index (χ2n) is 6.82. The van der Waals surface area contributed by atoms with Crippen LogP contribution in [-0.4, -0.2) is 26.4 Å². The van der Waals surface area contributed by atoms with E-state index in [2.05, 4.69) is 69.0 Å². The zero-order chi connectivity index (χ0) is 16.7. The topological polar surface area (TPSA) is 44.8 Å². The molecule has 4 nitrogen and oxygen atoms in total. The van der Waals surface area contributed by atoms with E-state index in [4.69, 9.17) is 4.98 Å². The molecule has 0 fully saturated rings. The van der Waals surface area contributed by atoms with E-state index >= 15 is 0 Å². The predicted octanol–water partition coefficient (Wildman–Crippen LogP) is 4.40. The molecule has 1 N–H and O–H groups in total. The number of benzene rings is 1. The van der Waals surface area contributed by atoms with Crippen molar-refractivity contribution in [1.29, 1.82) is 0 Å². The fourth-order valence-corrected chi connectivity index (χ4v) is 3.69. The van der Waals surface area contributed by atoms with E-state index < -0.39 is 0 Å². The maximum absolute atomic E-state index is 4.75. The number of hydrogen-bond acceptors (Lipinski definition) is 3. The lowest BCUT2D eigenvalue weighted by Gasteiger charge is -2.28. The Hall–Kier alpha value is -1.72. The molecular formula is C19H21BrN4. The Bertz CT molecular complexity index is 884. The maximum atomic E-state index is 4.75. The molecule has 124 valence electrons. The molecule has 3 aromatic rings. The molecule has 1 aliphatic heterocycles. The zero-order valence-corrected chi connectivity index (χ0v) is 15.6. The fourth-order valence-electron chi connectivity index (χ4n) is 3.33. The number of hydrogen-bond donors (Lipinski definition) is 1. The van der Waals surface area contributed by atoms with Crippen molar-refractivity contribution in [3.63, 3.8) is 0 Å². The number of rotatable bonds is 3. The zero-order valence-electron chi connectivity index (χ0n) is 14.0. The summed E-state index contributed by atoms with van der Waals surface area (Å²) in [6, 6.07) is 6.42. The van der Waals surface area contributed by atoms with Crippen LogP contribution < -0.4 is 0 Å². The summed E-state index contributed by atoms with van der Waals surface area (Å²) < 4.78 is 1.11. The molecule has 0 saturated carbocycles. The van der Waals surface area contributed by atoms with Crippen molar-refractivity contribution in [1.82, 2.24) is 19.9 Å². The molecule has 5 heteroatoms. The maximum Gasteiger partial charge on any atom is 0.131 e. The van der Waals surface area contributed by atoms with Gasteiger partial charge in [-0.3, -0.25) is 4.90 Å². The third kappa shape index (κ3) is 2.98. The quantitative estimate of drug-likeness (QED) is 0.727. The van der Waals surface area contributed by atoms with E-state index in [9.17, 15) is 0 Å². The van der Waals surface area contributed by atoms with Gasteiger partial charge in [0.2, 0.25) is 0 Å². The molecule has 0 unspecified atom stereocenters. The molecule has 1 aromatic carbocycles. The Morgan fingerprint density at radius 3 is 3.04 bits per heavy atom. The molecule has 0 amide bonds. The summed E-state index contributed by atoms with van der Waals surface area (Å²) >= 11 is 3.53. The Morgan fingerprint density at radius 1 is 1.33 bits per heavy atom. The minimum atomic E-state index is 0.388. The van der Waals surface area contributed by atoms with Crippen LogP contribution in [0.25, 0.3) is 10.9 Å². The van der Waals surface area contributed by atoms with Crippen molar-refractivity contribution in [2.45, 2.75) is 39.3 Å². The van der Waals surface area contributed by atoms with Crippen molar-refractivity contribution in [3.8, 4) is 0 Å². The first-order chi connectivity index (χ1) is 11.6. The molecule has 1 aliphatic rings. The Morgan fingerprint density at radius 2 is 2.21 bits per heavy atom. The minimum absolute atomic E-state index is 0.388. The smallest absolute Gasteiger partial charge is 0.131 e. The molecule has 3 heterocycles. The van der Waals surface area contributed by atoms with E-state index in [1.807, 2.05) is 6.20 Å². The molecule has 0 radical (unpaired) electrons. The Balaban J connectivity index is 1.54. The van der Waals surface area contributed by atoms with Gasteiger partial charge in [0.15, 0.2) is 0 Å². The monoisotopic (exact) mass is 384 g/mol. The van der Waals surface area contributed by atoms with E-state index in [1.165, 1.54) is 27.7 Å². The van der Waals surface area contributed by atoms with Crippen molar-refractivity contribution in [2.75, 3.05) is 6.54 Å². The molecule has 2 aromatic heterocycles. The van der Waals surface area contributed by atoms with Crippen molar-refractivity contribution < 1.29 is 0 Å². The highest BCUT2D eigenvalue weighted by atomic mass is 79.9. The first-order valence-corrected chi connectivity index (χ1v) is 9.22. The first-order valence-electron chi connectivity index (χ1n) is 8.42. The van der Waals surface area contributed by atoms with Gasteiger partial charge in [-0.1, -0.05) is 35.8 Å². The summed E-state index contributed by atoms with van der Waals surface area (Å²) in [5, 5.41) is 1.30. The van der Waals surface area contributed by atoms with Crippen molar-refractivity contribution in [3.05, 3.63) is 57.7 Å². The largest absolute Gasteiger partial charge is 0.361 e. The molecule has 0 bridgehead atoms. The van der Waals surface area contributed by atoms with Crippen LogP contribution in [0.3, 0.4) is 0 Å². The van der Waals surface area contributed by atoms with Gasteiger partial charge < -0.3 is 4.98 Å². The molecule has 0 aliphatic carbocycles. The average Bonchev–Trinajstić information content (AvgIpc) is 2.96. The van der Waals surface area contributed by atoms with Gasteiger partial charge in [-0.05, 0) is 17.7 Å². The molecule has 24 heavy (non-hydrogen) atoms. The van der Waals surface area contributed by atoms with E-state index in [0.29, 0.717) is 5.92 Å². The van der Waals surface area contributed by atoms with Gasteiger partial charge in [0, 0.05) is 71.0 Å². The normalized spacial score (nSPS) is 15.2. The summed E-state index contributed by atoms with van der Waals surface area (Å²) in [5.74, 6) is 1.35.